The number of carbonyl (C=O) groups is 1. The number of hydrogen-bond donors (Lipinski definition) is 0. The molecule has 1 heterocycles. The highest BCUT2D eigenvalue weighted by Gasteiger charge is 2.37. The van der Waals surface area contributed by atoms with E-state index in [4.69, 9.17) is 4.74 Å². The normalized spacial score (nSPS) is 27.6. The number of ketones is 1. The van der Waals surface area contributed by atoms with Crippen LogP contribution < -0.4 is 0 Å². The summed E-state index contributed by atoms with van der Waals surface area (Å²) in [7, 11) is 0. The van der Waals surface area contributed by atoms with Gasteiger partial charge < -0.3 is 4.74 Å². The highest BCUT2D eigenvalue weighted by molar-refractivity contribution is 5.88. The zero-order valence-electron chi connectivity index (χ0n) is 8.32. The summed E-state index contributed by atoms with van der Waals surface area (Å²) in [6, 6.07) is 9.71. The third-order valence-electron chi connectivity index (χ3n) is 2.80. The van der Waals surface area contributed by atoms with Crippen LogP contribution in [0.2, 0.25) is 0 Å². The molecule has 2 nitrogen and oxygen atoms in total. The number of rotatable bonds is 1. The van der Waals surface area contributed by atoms with Gasteiger partial charge in [-0.05, 0) is 18.9 Å². The van der Waals surface area contributed by atoms with Crippen LogP contribution in [0.3, 0.4) is 0 Å². The molecule has 0 bridgehead atoms. The van der Waals surface area contributed by atoms with Gasteiger partial charge in [-0.15, -0.1) is 0 Å². The molecule has 0 amide bonds. The zero-order chi connectivity index (χ0) is 10.0. The molecule has 74 valence electrons. The Bertz CT molecular complexity index is 331. The molecule has 14 heavy (non-hydrogen) atoms. The average molecular weight is 190 g/mol. The van der Waals surface area contributed by atoms with E-state index in [1.54, 1.807) is 0 Å². The molecule has 0 N–H and O–H groups in total. The summed E-state index contributed by atoms with van der Waals surface area (Å²) in [5.74, 6) is 0.190. The summed E-state index contributed by atoms with van der Waals surface area (Å²) in [4.78, 5) is 11.8. The summed E-state index contributed by atoms with van der Waals surface area (Å²) < 4.78 is 5.61. The predicted octanol–water partition coefficient (Wildman–Crippen LogP) is 2.28. The summed E-state index contributed by atoms with van der Waals surface area (Å²) in [5.41, 5.74) is 0.254. The van der Waals surface area contributed by atoms with Crippen LogP contribution in [0.1, 0.15) is 25.3 Å². The highest BCUT2D eigenvalue weighted by atomic mass is 16.5. The van der Waals surface area contributed by atoms with Gasteiger partial charge in [0.2, 0.25) is 0 Å². The van der Waals surface area contributed by atoms with Crippen LogP contribution in [-0.2, 0) is 15.1 Å². The molecule has 1 aliphatic heterocycles. The molecular weight excluding hydrogens is 176 g/mol. The smallest absolute Gasteiger partial charge is 0.168 e. The van der Waals surface area contributed by atoms with Crippen molar-refractivity contribution in [2.75, 3.05) is 6.61 Å². The minimum absolute atomic E-state index is 0.190. The van der Waals surface area contributed by atoms with Crippen LogP contribution in [0.4, 0.5) is 0 Å². The van der Waals surface area contributed by atoms with Gasteiger partial charge in [0.05, 0.1) is 0 Å². The molecule has 1 fully saturated rings. The third-order valence-corrected chi connectivity index (χ3v) is 2.80. The summed E-state index contributed by atoms with van der Waals surface area (Å²) in [6.45, 7) is 2.54. The Morgan fingerprint density at radius 3 is 2.64 bits per heavy atom. The standard InChI is InChI=1S/C12H14O2/c1-12(10-6-3-2-4-7-10)11(13)8-5-9-14-12/h2-4,6-7H,5,8-9H2,1H3. The van der Waals surface area contributed by atoms with Gasteiger partial charge in [0.25, 0.3) is 0 Å². The van der Waals surface area contributed by atoms with E-state index in [0.29, 0.717) is 13.0 Å². The molecule has 0 aromatic heterocycles. The van der Waals surface area contributed by atoms with Crippen molar-refractivity contribution in [2.24, 2.45) is 0 Å². The quantitative estimate of drug-likeness (QED) is 0.679. The van der Waals surface area contributed by atoms with E-state index in [-0.39, 0.29) is 5.78 Å². The molecule has 1 unspecified atom stereocenters. The first-order chi connectivity index (χ1) is 6.73. The number of hydrogen-bond acceptors (Lipinski definition) is 2. The molecule has 1 atom stereocenters. The van der Waals surface area contributed by atoms with Crippen molar-refractivity contribution in [3.05, 3.63) is 35.9 Å². The van der Waals surface area contributed by atoms with Crippen LogP contribution in [0.25, 0.3) is 0 Å². The number of carbonyl (C=O) groups excluding carboxylic acids is 1. The molecule has 1 aliphatic rings. The first-order valence-corrected chi connectivity index (χ1v) is 4.96. The van der Waals surface area contributed by atoms with E-state index in [2.05, 4.69) is 0 Å². The summed E-state index contributed by atoms with van der Waals surface area (Å²) in [5, 5.41) is 0. The van der Waals surface area contributed by atoms with Crippen molar-refractivity contribution in [3.63, 3.8) is 0 Å². The fourth-order valence-corrected chi connectivity index (χ4v) is 1.83. The van der Waals surface area contributed by atoms with Crippen LogP contribution in [0.15, 0.2) is 30.3 Å². The first kappa shape index (κ1) is 9.41. The Morgan fingerprint density at radius 1 is 1.29 bits per heavy atom. The SMILES string of the molecule is CC1(c2ccccc2)OCCCC1=O. The number of ether oxygens (including phenoxy) is 1. The molecule has 2 rings (SSSR count). The van der Waals surface area contributed by atoms with Crippen LogP contribution in [0.5, 0.6) is 0 Å². The van der Waals surface area contributed by atoms with Crippen molar-refractivity contribution in [3.8, 4) is 0 Å². The Kier molecular flexibility index (Phi) is 2.38. The van der Waals surface area contributed by atoms with E-state index in [1.165, 1.54) is 0 Å². The fourth-order valence-electron chi connectivity index (χ4n) is 1.83. The lowest BCUT2D eigenvalue weighted by molar-refractivity contribution is -0.151. The van der Waals surface area contributed by atoms with E-state index < -0.39 is 5.60 Å². The molecule has 2 heteroatoms. The number of benzene rings is 1. The van der Waals surface area contributed by atoms with Gasteiger partial charge >= 0.3 is 0 Å². The van der Waals surface area contributed by atoms with Crippen molar-refractivity contribution >= 4 is 5.78 Å². The fraction of sp³-hybridized carbons (Fsp3) is 0.417. The molecule has 1 aromatic carbocycles. The lowest BCUT2D eigenvalue weighted by Gasteiger charge is -2.32. The maximum absolute atomic E-state index is 11.8. The second-order valence-electron chi connectivity index (χ2n) is 3.77. The maximum atomic E-state index is 11.8. The van der Waals surface area contributed by atoms with Crippen molar-refractivity contribution in [1.29, 1.82) is 0 Å². The van der Waals surface area contributed by atoms with Crippen LogP contribution in [-0.4, -0.2) is 12.4 Å². The Morgan fingerprint density at radius 2 is 2.00 bits per heavy atom. The van der Waals surface area contributed by atoms with Gasteiger partial charge in [0.1, 0.15) is 5.60 Å². The Balaban J connectivity index is 2.35. The zero-order valence-corrected chi connectivity index (χ0v) is 8.32. The van der Waals surface area contributed by atoms with Gasteiger partial charge in [-0.3, -0.25) is 4.79 Å². The van der Waals surface area contributed by atoms with Gasteiger partial charge in [-0.1, -0.05) is 30.3 Å². The van der Waals surface area contributed by atoms with Crippen LogP contribution in [0, 0.1) is 0 Å². The van der Waals surface area contributed by atoms with Crippen LogP contribution >= 0.6 is 0 Å². The van der Waals surface area contributed by atoms with Gasteiger partial charge in [-0.2, -0.15) is 0 Å². The molecule has 0 radical (unpaired) electrons. The molecule has 0 aliphatic carbocycles. The van der Waals surface area contributed by atoms with E-state index in [1.807, 2.05) is 37.3 Å². The summed E-state index contributed by atoms with van der Waals surface area (Å²) >= 11 is 0. The molecule has 0 saturated carbocycles. The molecule has 0 spiro atoms. The maximum Gasteiger partial charge on any atom is 0.168 e. The summed E-state index contributed by atoms with van der Waals surface area (Å²) in [6.07, 6.45) is 1.48. The van der Waals surface area contributed by atoms with E-state index in [0.717, 1.165) is 12.0 Å². The largest absolute Gasteiger partial charge is 0.363 e. The minimum Gasteiger partial charge on any atom is -0.363 e. The average Bonchev–Trinajstić information content (AvgIpc) is 2.24. The van der Waals surface area contributed by atoms with Gasteiger partial charge in [-0.25, -0.2) is 0 Å². The highest BCUT2D eigenvalue weighted by Crippen LogP contribution is 2.31. The van der Waals surface area contributed by atoms with Gasteiger partial charge in [0, 0.05) is 13.0 Å². The van der Waals surface area contributed by atoms with Crippen molar-refractivity contribution in [1.82, 2.24) is 0 Å². The second-order valence-corrected chi connectivity index (χ2v) is 3.77. The Hall–Kier alpha value is -1.15. The van der Waals surface area contributed by atoms with E-state index >= 15 is 0 Å². The van der Waals surface area contributed by atoms with E-state index in [9.17, 15) is 4.79 Å². The lowest BCUT2D eigenvalue weighted by atomic mass is 9.87. The minimum atomic E-state index is -0.709. The predicted molar refractivity (Wildman–Crippen MR) is 54.0 cm³/mol. The van der Waals surface area contributed by atoms with Crippen molar-refractivity contribution in [2.45, 2.75) is 25.4 Å². The topological polar surface area (TPSA) is 26.3 Å². The Labute approximate surface area is 83.9 Å². The lowest BCUT2D eigenvalue weighted by Crippen LogP contribution is -2.39. The molecular formula is C12H14O2. The monoisotopic (exact) mass is 190 g/mol. The van der Waals surface area contributed by atoms with Gasteiger partial charge in [0.15, 0.2) is 5.78 Å². The first-order valence-electron chi connectivity index (χ1n) is 4.96. The third kappa shape index (κ3) is 1.46. The van der Waals surface area contributed by atoms with Crippen molar-refractivity contribution < 1.29 is 9.53 Å². The molecule has 1 aromatic rings. The molecule has 1 saturated heterocycles. The number of Topliss-reactive ketones (excluding diaryl/α,β-unsaturated/α-hetero) is 1. The second kappa shape index (κ2) is 3.54.